The van der Waals surface area contributed by atoms with Gasteiger partial charge in [0, 0.05) is 24.6 Å². The normalized spacial score (nSPS) is 12.0. The first kappa shape index (κ1) is 32.3. The van der Waals surface area contributed by atoms with Crippen molar-refractivity contribution in [1.82, 2.24) is 10.2 Å². The Hall–Kier alpha value is -4.57. The van der Waals surface area contributed by atoms with Gasteiger partial charge < -0.3 is 10.2 Å². The molecule has 230 valence electrons. The van der Waals surface area contributed by atoms with Crippen LogP contribution in [0.4, 0.5) is 14.5 Å². The average Bonchev–Trinajstić information content (AvgIpc) is 2.99. The van der Waals surface area contributed by atoms with Crippen molar-refractivity contribution >= 4 is 27.5 Å². The molecule has 10 heteroatoms. The van der Waals surface area contributed by atoms with Crippen LogP contribution in [-0.2, 0) is 32.6 Å². The summed E-state index contributed by atoms with van der Waals surface area (Å²) in [6, 6.07) is 24.5. The number of sulfonamides is 1. The molecule has 2 amide bonds. The van der Waals surface area contributed by atoms with Crippen LogP contribution in [0.3, 0.4) is 0 Å². The molecule has 0 aliphatic rings. The minimum atomic E-state index is -4.33. The molecule has 0 aliphatic carbocycles. The number of benzene rings is 4. The second-order valence-electron chi connectivity index (χ2n) is 10.8. The lowest BCUT2D eigenvalue weighted by atomic mass is 10.0. The molecule has 0 saturated heterocycles. The third-order valence-corrected chi connectivity index (χ3v) is 8.79. The van der Waals surface area contributed by atoms with Crippen LogP contribution in [0, 0.1) is 18.6 Å². The number of anilines is 1. The summed E-state index contributed by atoms with van der Waals surface area (Å²) < 4.78 is 57.6. The van der Waals surface area contributed by atoms with Gasteiger partial charge in [-0.3, -0.25) is 13.9 Å². The van der Waals surface area contributed by atoms with Crippen molar-refractivity contribution in [3.63, 3.8) is 0 Å². The minimum Gasteiger partial charge on any atom is -0.352 e. The van der Waals surface area contributed by atoms with Gasteiger partial charge in [-0.2, -0.15) is 0 Å². The fourth-order valence-corrected chi connectivity index (χ4v) is 6.13. The Labute approximate surface area is 257 Å². The SMILES string of the molecule is Cc1ccc(S(=O)(=O)N(CC(=O)N(Cc2ccccc2F)[C@@H](Cc2ccccc2)C(=O)NC(C)C)c2ccc(F)cc2)cc1. The molecule has 0 spiro atoms. The van der Waals surface area contributed by atoms with Crippen LogP contribution in [0.25, 0.3) is 0 Å². The van der Waals surface area contributed by atoms with Gasteiger partial charge in [-0.25, -0.2) is 17.2 Å². The quantitative estimate of drug-likeness (QED) is 0.223. The van der Waals surface area contributed by atoms with Crippen LogP contribution in [0.5, 0.6) is 0 Å². The molecular weight excluding hydrogens is 584 g/mol. The van der Waals surface area contributed by atoms with Gasteiger partial charge in [0.25, 0.3) is 10.0 Å². The van der Waals surface area contributed by atoms with Gasteiger partial charge in [-0.15, -0.1) is 0 Å². The molecule has 0 radical (unpaired) electrons. The lowest BCUT2D eigenvalue weighted by Gasteiger charge is -2.34. The Kier molecular flexibility index (Phi) is 10.5. The average molecular weight is 620 g/mol. The van der Waals surface area contributed by atoms with E-state index < -0.39 is 46.1 Å². The molecule has 0 unspecified atom stereocenters. The molecule has 0 fully saturated rings. The molecule has 0 aliphatic heterocycles. The molecule has 0 aromatic heterocycles. The van der Waals surface area contributed by atoms with E-state index in [-0.39, 0.29) is 35.2 Å². The van der Waals surface area contributed by atoms with Crippen LogP contribution < -0.4 is 9.62 Å². The highest BCUT2D eigenvalue weighted by atomic mass is 32.2. The van der Waals surface area contributed by atoms with Crippen molar-refractivity contribution in [2.75, 3.05) is 10.8 Å². The molecule has 4 aromatic carbocycles. The lowest BCUT2D eigenvalue weighted by molar-refractivity contribution is -0.140. The van der Waals surface area contributed by atoms with E-state index >= 15 is 0 Å². The largest absolute Gasteiger partial charge is 0.352 e. The predicted molar refractivity (Wildman–Crippen MR) is 166 cm³/mol. The summed E-state index contributed by atoms with van der Waals surface area (Å²) >= 11 is 0. The fraction of sp³-hybridized carbons (Fsp3) is 0.235. The fourth-order valence-electron chi connectivity index (χ4n) is 4.72. The first-order valence-electron chi connectivity index (χ1n) is 14.2. The highest BCUT2D eigenvalue weighted by Crippen LogP contribution is 2.26. The maximum absolute atomic E-state index is 14.9. The van der Waals surface area contributed by atoms with Crippen molar-refractivity contribution in [2.45, 2.75) is 50.7 Å². The number of aryl methyl sites for hydroxylation is 1. The van der Waals surface area contributed by atoms with Gasteiger partial charge in [-0.1, -0.05) is 66.2 Å². The van der Waals surface area contributed by atoms with E-state index in [4.69, 9.17) is 0 Å². The third kappa shape index (κ3) is 8.08. The Bertz CT molecular complexity index is 1680. The summed E-state index contributed by atoms with van der Waals surface area (Å²) in [6.45, 7) is 4.36. The van der Waals surface area contributed by atoms with Gasteiger partial charge in [0.15, 0.2) is 0 Å². The molecular formula is C34H35F2N3O4S. The number of carbonyl (C=O) groups excluding carboxylic acids is 2. The zero-order valence-electron chi connectivity index (χ0n) is 24.8. The molecule has 0 saturated carbocycles. The lowest BCUT2D eigenvalue weighted by Crippen LogP contribution is -2.54. The molecule has 4 rings (SSSR count). The number of hydrogen-bond donors (Lipinski definition) is 1. The van der Waals surface area contributed by atoms with Crippen molar-refractivity contribution in [3.05, 3.63) is 131 Å². The van der Waals surface area contributed by atoms with Gasteiger partial charge in [0.1, 0.15) is 24.2 Å². The van der Waals surface area contributed by atoms with Crippen molar-refractivity contribution in [2.24, 2.45) is 0 Å². The maximum atomic E-state index is 14.9. The standard InChI is InChI=1S/C34H35F2N3O4S/c1-24(2)37-34(41)32(21-26-9-5-4-6-10-26)38(22-27-11-7-8-12-31(27)36)33(40)23-39(29-17-15-28(35)16-18-29)44(42,43)30-19-13-25(3)14-20-30/h4-20,24,32H,21-23H2,1-3H3,(H,37,41)/t32-/m0/s1. The van der Waals surface area contributed by atoms with Crippen LogP contribution in [0.1, 0.15) is 30.5 Å². The zero-order chi connectivity index (χ0) is 31.9. The number of rotatable bonds is 12. The number of amides is 2. The van der Waals surface area contributed by atoms with E-state index in [1.807, 2.05) is 25.1 Å². The molecule has 4 aromatic rings. The van der Waals surface area contributed by atoms with Crippen LogP contribution >= 0.6 is 0 Å². The smallest absolute Gasteiger partial charge is 0.264 e. The summed E-state index contributed by atoms with van der Waals surface area (Å²) in [5, 5.41) is 2.85. The van der Waals surface area contributed by atoms with Gasteiger partial charge >= 0.3 is 0 Å². The van der Waals surface area contributed by atoms with Crippen LogP contribution in [0.15, 0.2) is 108 Å². The highest BCUT2D eigenvalue weighted by molar-refractivity contribution is 7.92. The number of nitrogens with zero attached hydrogens (tertiary/aromatic N) is 2. The Morgan fingerprint density at radius 3 is 2.05 bits per heavy atom. The maximum Gasteiger partial charge on any atom is 0.264 e. The molecule has 0 heterocycles. The van der Waals surface area contributed by atoms with E-state index in [1.54, 1.807) is 44.2 Å². The molecule has 7 nitrogen and oxygen atoms in total. The summed E-state index contributed by atoms with van der Waals surface area (Å²) in [6.07, 6.45) is 0.0981. The summed E-state index contributed by atoms with van der Waals surface area (Å²) in [4.78, 5) is 29.1. The van der Waals surface area contributed by atoms with E-state index in [2.05, 4.69) is 5.32 Å². The second-order valence-corrected chi connectivity index (χ2v) is 12.6. The van der Waals surface area contributed by atoms with Gasteiger partial charge in [-0.05, 0) is 68.8 Å². The first-order valence-corrected chi connectivity index (χ1v) is 15.6. The zero-order valence-corrected chi connectivity index (χ0v) is 25.6. The Morgan fingerprint density at radius 1 is 0.818 bits per heavy atom. The monoisotopic (exact) mass is 619 g/mol. The van der Waals surface area contributed by atoms with Crippen molar-refractivity contribution < 1.29 is 26.8 Å². The second kappa shape index (κ2) is 14.3. The van der Waals surface area contributed by atoms with Crippen LogP contribution in [0.2, 0.25) is 0 Å². The van der Waals surface area contributed by atoms with Crippen molar-refractivity contribution in [1.29, 1.82) is 0 Å². The summed E-state index contributed by atoms with van der Waals surface area (Å²) in [7, 11) is -4.33. The van der Waals surface area contributed by atoms with E-state index in [0.29, 0.717) is 0 Å². The third-order valence-electron chi connectivity index (χ3n) is 7.00. The molecule has 44 heavy (non-hydrogen) atoms. The van der Waals surface area contributed by atoms with Crippen LogP contribution in [-0.4, -0.2) is 43.8 Å². The van der Waals surface area contributed by atoms with E-state index in [9.17, 15) is 26.8 Å². The number of hydrogen-bond acceptors (Lipinski definition) is 4. The number of halogens is 2. The molecule has 0 bridgehead atoms. The molecule has 1 atom stereocenters. The summed E-state index contributed by atoms with van der Waals surface area (Å²) in [5.41, 5.74) is 1.80. The first-order chi connectivity index (χ1) is 21.0. The molecule has 1 N–H and O–H groups in total. The number of carbonyl (C=O) groups is 2. The highest BCUT2D eigenvalue weighted by Gasteiger charge is 2.35. The minimum absolute atomic E-state index is 0.0532. The number of nitrogens with one attached hydrogen (secondary N) is 1. The Morgan fingerprint density at radius 2 is 1.43 bits per heavy atom. The van der Waals surface area contributed by atoms with Gasteiger partial charge in [0.05, 0.1) is 10.6 Å². The topological polar surface area (TPSA) is 86.8 Å². The summed E-state index contributed by atoms with van der Waals surface area (Å²) in [5.74, 6) is -2.37. The van der Waals surface area contributed by atoms with E-state index in [0.717, 1.165) is 27.6 Å². The van der Waals surface area contributed by atoms with Gasteiger partial charge in [0.2, 0.25) is 11.8 Å². The van der Waals surface area contributed by atoms with E-state index in [1.165, 1.54) is 47.4 Å². The predicted octanol–water partition coefficient (Wildman–Crippen LogP) is 5.63. The van der Waals surface area contributed by atoms with Crippen molar-refractivity contribution in [3.8, 4) is 0 Å². The Balaban J connectivity index is 1.81.